The first kappa shape index (κ1) is 11.2. The van der Waals surface area contributed by atoms with Crippen molar-refractivity contribution in [3.63, 3.8) is 0 Å². The van der Waals surface area contributed by atoms with Crippen LogP contribution >= 0.6 is 0 Å². The largest absolute Gasteiger partial charge is 0.504 e. The molecule has 15 heavy (non-hydrogen) atoms. The molecule has 1 aromatic rings. The highest BCUT2D eigenvalue weighted by atomic mass is 16.3. The van der Waals surface area contributed by atoms with E-state index in [1.165, 1.54) is 12.1 Å². The molecule has 5 heteroatoms. The van der Waals surface area contributed by atoms with Gasteiger partial charge in [-0.15, -0.1) is 0 Å². The lowest BCUT2D eigenvalue weighted by Crippen LogP contribution is -2.33. The van der Waals surface area contributed by atoms with Crippen LogP contribution in [0.25, 0.3) is 0 Å². The van der Waals surface area contributed by atoms with E-state index in [-0.39, 0.29) is 17.5 Å². The molecule has 0 heterocycles. The van der Waals surface area contributed by atoms with Gasteiger partial charge in [0, 0.05) is 13.6 Å². The molecule has 0 aliphatic carbocycles. The molecule has 4 N–H and O–H groups in total. The Kier molecular flexibility index (Phi) is 3.79. The molecule has 82 valence electrons. The molecule has 1 rings (SSSR count). The maximum Gasteiger partial charge on any atom is 0.314 e. The molecule has 0 aromatic heterocycles. The number of phenolic OH excluding ortho intramolecular Hbond substituents is 2. The molecule has 5 nitrogen and oxygen atoms in total. The molecule has 0 saturated heterocycles. The highest BCUT2D eigenvalue weighted by Crippen LogP contribution is 2.24. The lowest BCUT2D eigenvalue weighted by atomic mass is 10.1. The monoisotopic (exact) mass is 210 g/mol. The molecule has 0 spiro atoms. The highest BCUT2D eigenvalue weighted by molar-refractivity contribution is 5.73. The van der Waals surface area contributed by atoms with Gasteiger partial charge >= 0.3 is 6.03 Å². The average Bonchev–Trinajstić information content (AvgIpc) is 2.23. The maximum absolute atomic E-state index is 10.8. The molecule has 0 atom stereocenters. The van der Waals surface area contributed by atoms with Crippen LogP contribution in [0, 0.1) is 0 Å². The van der Waals surface area contributed by atoms with Crippen molar-refractivity contribution in [2.75, 3.05) is 13.6 Å². The van der Waals surface area contributed by atoms with Crippen molar-refractivity contribution in [1.29, 1.82) is 0 Å². The third-order valence-electron chi connectivity index (χ3n) is 1.97. The first-order chi connectivity index (χ1) is 7.13. The first-order valence-electron chi connectivity index (χ1n) is 4.60. The summed E-state index contributed by atoms with van der Waals surface area (Å²) < 4.78 is 0. The fourth-order valence-corrected chi connectivity index (χ4v) is 1.13. The fraction of sp³-hybridized carbons (Fsp3) is 0.300. The normalized spacial score (nSPS) is 9.67. The van der Waals surface area contributed by atoms with Crippen molar-refractivity contribution in [3.8, 4) is 11.5 Å². The number of hydrogen-bond acceptors (Lipinski definition) is 3. The average molecular weight is 210 g/mol. The molecular weight excluding hydrogens is 196 g/mol. The molecule has 0 unspecified atom stereocenters. The standard InChI is InChI=1S/C10H14N2O3/c1-11-10(15)12-5-4-7-2-3-8(13)9(14)6-7/h2-3,6,13-14H,4-5H2,1H3,(H2,11,12,15). The maximum atomic E-state index is 10.8. The summed E-state index contributed by atoms with van der Waals surface area (Å²) >= 11 is 0. The van der Waals surface area contributed by atoms with Crippen molar-refractivity contribution in [1.82, 2.24) is 10.6 Å². The van der Waals surface area contributed by atoms with E-state index in [4.69, 9.17) is 5.11 Å². The molecule has 0 aliphatic rings. The summed E-state index contributed by atoms with van der Waals surface area (Å²) in [6.45, 7) is 0.476. The van der Waals surface area contributed by atoms with Crippen molar-refractivity contribution < 1.29 is 15.0 Å². The number of carbonyl (C=O) groups is 1. The summed E-state index contributed by atoms with van der Waals surface area (Å²) in [5.74, 6) is -0.287. The number of amides is 2. The van der Waals surface area contributed by atoms with Crippen molar-refractivity contribution >= 4 is 6.03 Å². The van der Waals surface area contributed by atoms with Crippen molar-refractivity contribution in [3.05, 3.63) is 23.8 Å². The van der Waals surface area contributed by atoms with Crippen LogP contribution in [0.1, 0.15) is 5.56 Å². The third-order valence-corrected chi connectivity index (χ3v) is 1.97. The van der Waals surface area contributed by atoms with E-state index >= 15 is 0 Å². The second-order valence-corrected chi connectivity index (χ2v) is 3.08. The van der Waals surface area contributed by atoms with Gasteiger partial charge in [-0.3, -0.25) is 0 Å². The number of rotatable bonds is 3. The predicted octanol–water partition coefficient (Wildman–Crippen LogP) is 0.569. The Hall–Kier alpha value is -1.91. The van der Waals surface area contributed by atoms with Gasteiger partial charge in [0.15, 0.2) is 11.5 Å². The Bertz CT molecular complexity index is 353. The van der Waals surface area contributed by atoms with E-state index in [0.717, 1.165) is 5.56 Å². The van der Waals surface area contributed by atoms with Gasteiger partial charge in [-0.25, -0.2) is 4.79 Å². The van der Waals surface area contributed by atoms with Crippen LogP contribution in [0.5, 0.6) is 11.5 Å². The summed E-state index contributed by atoms with van der Waals surface area (Å²) in [5.41, 5.74) is 0.849. The predicted molar refractivity (Wildman–Crippen MR) is 55.9 cm³/mol. The molecule has 0 fully saturated rings. The van der Waals surface area contributed by atoms with Crippen LogP contribution in [-0.4, -0.2) is 29.8 Å². The van der Waals surface area contributed by atoms with E-state index < -0.39 is 0 Å². The van der Waals surface area contributed by atoms with E-state index in [1.807, 2.05) is 0 Å². The Morgan fingerprint density at radius 1 is 1.33 bits per heavy atom. The summed E-state index contributed by atoms with van der Waals surface area (Å²) in [4.78, 5) is 10.8. The SMILES string of the molecule is CNC(=O)NCCc1ccc(O)c(O)c1. The number of benzene rings is 1. The minimum Gasteiger partial charge on any atom is -0.504 e. The zero-order valence-electron chi connectivity index (χ0n) is 8.45. The molecule has 2 amide bonds. The summed E-state index contributed by atoms with van der Waals surface area (Å²) in [5, 5.41) is 23.3. The van der Waals surface area contributed by atoms with Crippen molar-refractivity contribution in [2.45, 2.75) is 6.42 Å². The number of carbonyl (C=O) groups excluding carboxylic acids is 1. The Morgan fingerprint density at radius 2 is 2.07 bits per heavy atom. The smallest absolute Gasteiger partial charge is 0.314 e. The molecule has 0 bridgehead atoms. The minimum atomic E-state index is -0.238. The third kappa shape index (κ3) is 3.38. The topological polar surface area (TPSA) is 81.6 Å². The Labute approximate surface area is 87.7 Å². The Morgan fingerprint density at radius 3 is 2.67 bits per heavy atom. The van der Waals surface area contributed by atoms with Gasteiger partial charge in [0.05, 0.1) is 0 Å². The molecule has 0 aliphatic heterocycles. The lowest BCUT2D eigenvalue weighted by molar-refractivity contribution is 0.243. The lowest BCUT2D eigenvalue weighted by Gasteiger charge is -2.05. The zero-order chi connectivity index (χ0) is 11.3. The van der Waals surface area contributed by atoms with Gasteiger partial charge in [0.1, 0.15) is 0 Å². The van der Waals surface area contributed by atoms with Gasteiger partial charge in [-0.1, -0.05) is 6.07 Å². The number of nitrogens with one attached hydrogen (secondary N) is 2. The first-order valence-corrected chi connectivity index (χ1v) is 4.60. The van der Waals surface area contributed by atoms with Crippen LogP contribution < -0.4 is 10.6 Å². The number of phenols is 2. The number of hydrogen-bond donors (Lipinski definition) is 4. The van der Waals surface area contributed by atoms with Gasteiger partial charge in [0.2, 0.25) is 0 Å². The van der Waals surface area contributed by atoms with Crippen LogP contribution in [-0.2, 0) is 6.42 Å². The van der Waals surface area contributed by atoms with E-state index in [2.05, 4.69) is 10.6 Å². The highest BCUT2D eigenvalue weighted by Gasteiger charge is 2.01. The van der Waals surface area contributed by atoms with Crippen LogP contribution in [0.4, 0.5) is 4.79 Å². The summed E-state index contributed by atoms with van der Waals surface area (Å²) in [6.07, 6.45) is 0.598. The van der Waals surface area contributed by atoms with Gasteiger partial charge in [-0.05, 0) is 24.1 Å². The van der Waals surface area contributed by atoms with Crippen LogP contribution in [0.15, 0.2) is 18.2 Å². The zero-order valence-corrected chi connectivity index (χ0v) is 8.45. The second kappa shape index (κ2) is 5.09. The number of urea groups is 1. The van der Waals surface area contributed by atoms with Crippen LogP contribution in [0.3, 0.4) is 0 Å². The molecular formula is C10H14N2O3. The van der Waals surface area contributed by atoms with Gasteiger partial charge < -0.3 is 20.8 Å². The molecule has 1 aromatic carbocycles. The van der Waals surface area contributed by atoms with Crippen LogP contribution in [0.2, 0.25) is 0 Å². The molecule has 0 radical (unpaired) electrons. The van der Waals surface area contributed by atoms with E-state index in [1.54, 1.807) is 13.1 Å². The molecule has 0 saturated carbocycles. The summed E-state index contributed by atoms with van der Waals surface area (Å²) in [6, 6.07) is 4.35. The van der Waals surface area contributed by atoms with Crippen molar-refractivity contribution in [2.24, 2.45) is 0 Å². The van der Waals surface area contributed by atoms with Gasteiger partial charge in [0.25, 0.3) is 0 Å². The second-order valence-electron chi connectivity index (χ2n) is 3.08. The van der Waals surface area contributed by atoms with E-state index in [0.29, 0.717) is 13.0 Å². The van der Waals surface area contributed by atoms with Gasteiger partial charge in [-0.2, -0.15) is 0 Å². The summed E-state index contributed by atoms with van der Waals surface area (Å²) in [7, 11) is 1.54. The Balaban J connectivity index is 2.44. The fourth-order valence-electron chi connectivity index (χ4n) is 1.13. The number of aromatic hydroxyl groups is 2. The quantitative estimate of drug-likeness (QED) is 0.550. The minimum absolute atomic E-state index is 0.141. The van der Waals surface area contributed by atoms with E-state index in [9.17, 15) is 9.90 Å².